The molecule has 0 bridgehead atoms. The van der Waals surface area contributed by atoms with Gasteiger partial charge in [-0.05, 0) is 67.9 Å². The standard InChI is InChI=1S/C30H30F2O6/c1-27-11-10-18(34)12-21(27)22(31)13-20-19-14-25-30(24(36)16-33,28(19,2)15-23(35)29(20,27)32)38-26(37-25)9-8-17-6-4-3-5-7-17/h3-7,10-12,19-20,22-23,25-26,33,35H,13-16H2,1-2H3/t19-,20-,22-,23-,25+,26+,27-,28-,29-,30+/m0/s1. The molecule has 6 rings (SSSR count). The number of hydrogen-bond acceptors (Lipinski definition) is 6. The highest BCUT2D eigenvalue weighted by Crippen LogP contribution is 2.72. The van der Waals surface area contributed by atoms with E-state index in [4.69, 9.17) is 9.47 Å². The number of hydrogen-bond donors (Lipinski definition) is 2. The topological polar surface area (TPSA) is 93.1 Å². The zero-order valence-electron chi connectivity index (χ0n) is 21.2. The second-order valence-corrected chi connectivity index (χ2v) is 11.6. The summed E-state index contributed by atoms with van der Waals surface area (Å²) in [5.41, 5.74) is -5.88. The molecule has 1 aliphatic heterocycles. The van der Waals surface area contributed by atoms with E-state index >= 15 is 8.78 Å². The van der Waals surface area contributed by atoms with Crippen LogP contribution in [0.1, 0.15) is 38.7 Å². The molecule has 0 spiro atoms. The van der Waals surface area contributed by atoms with Crippen LogP contribution in [0.4, 0.5) is 8.78 Å². The molecule has 0 unspecified atom stereocenters. The Morgan fingerprint density at radius 3 is 2.63 bits per heavy atom. The zero-order valence-corrected chi connectivity index (χ0v) is 21.2. The number of carbonyl (C=O) groups excluding carboxylic acids is 2. The molecule has 6 nitrogen and oxygen atoms in total. The van der Waals surface area contributed by atoms with Crippen molar-refractivity contribution in [3.63, 3.8) is 0 Å². The number of allylic oxidation sites excluding steroid dienone is 4. The molecule has 4 aliphatic carbocycles. The van der Waals surface area contributed by atoms with Crippen LogP contribution >= 0.6 is 0 Å². The van der Waals surface area contributed by atoms with Gasteiger partial charge in [0.2, 0.25) is 6.29 Å². The first-order chi connectivity index (χ1) is 18.0. The maximum Gasteiger partial charge on any atom is 0.224 e. The SMILES string of the molecule is C[C@]12C=CC(=O)C=C1[C@@H](F)C[C@H]1[C@@H]3C[C@H]4O[C@@H](C#Cc5ccccc5)O[C@@]4(C(=O)CO)[C@@]3(C)C[C@H](O)[C@@]12F. The minimum absolute atomic E-state index is 0.0366. The number of benzene rings is 1. The Morgan fingerprint density at radius 2 is 1.92 bits per heavy atom. The summed E-state index contributed by atoms with van der Waals surface area (Å²) in [5.74, 6) is 3.25. The highest BCUT2D eigenvalue weighted by Gasteiger charge is 2.80. The summed E-state index contributed by atoms with van der Waals surface area (Å²) in [5, 5.41) is 21.5. The summed E-state index contributed by atoms with van der Waals surface area (Å²) in [4.78, 5) is 25.4. The third-order valence-electron chi connectivity index (χ3n) is 10.0. The quantitative estimate of drug-likeness (QED) is 0.578. The monoisotopic (exact) mass is 524 g/mol. The van der Waals surface area contributed by atoms with E-state index in [1.54, 1.807) is 6.92 Å². The molecule has 1 saturated heterocycles. The number of fused-ring (bicyclic) bond motifs is 7. The Morgan fingerprint density at radius 1 is 1.18 bits per heavy atom. The van der Waals surface area contributed by atoms with Gasteiger partial charge >= 0.3 is 0 Å². The highest BCUT2D eigenvalue weighted by molar-refractivity contribution is 6.01. The van der Waals surface area contributed by atoms with E-state index in [1.165, 1.54) is 19.1 Å². The van der Waals surface area contributed by atoms with Crippen molar-refractivity contribution in [1.82, 2.24) is 0 Å². The van der Waals surface area contributed by atoms with Crippen molar-refractivity contribution in [1.29, 1.82) is 0 Å². The van der Waals surface area contributed by atoms with Crippen LogP contribution in [0.3, 0.4) is 0 Å². The Kier molecular flexibility index (Phi) is 5.65. The van der Waals surface area contributed by atoms with Gasteiger partial charge in [0.1, 0.15) is 12.8 Å². The summed E-state index contributed by atoms with van der Waals surface area (Å²) in [7, 11) is 0. The zero-order chi connectivity index (χ0) is 27.1. The number of alkyl halides is 2. The van der Waals surface area contributed by atoms with Crippen molar-refractivity contribution in [3.05, 3.63) is 59.7 Å². The van der Waals surface area contributed by atoms with E-state index in [9.17, 15) is 19.8 Å². The third kappa shape index (κ3) is 3.07. The molecule has 3 saturated carbocycles. The average molecular weight is 525 g/mol. The second kappa shape index (κ2) is 8.40. The number of halogens is 2. The van der Waals surface area contributed by atoms with Crippen LogP contribution in [0, 0.1) is 34.5 Å². The predicted octanol–water partition coefficient (Wildman–Crippen LogP) is 3.01. The van der Waals surface area contributed by atoms with Crippen molar-refractivity contribution in [2.75, 3.05) is 6.61 Å². The van der Waals surface area contributed by atoms with Crippen LogP contribution in [0.5, 0.6) is 0 Å². The molecular weight excluding hydrogens is 494 g/mol. The van der Waals surface area contributed by atoms with Crippen LogP contribution in [-0.4, -0.2) is 64.3 Å². The summed E-state index contributed by atoms with van der Waals surface area (Å²) >= 11 is 0. The van der Waals surface area contributed by atoms with Crippen LogP contribution in [-0.2, 0) is 19.1 Å². The number of aliphatic hydroxyl groups excluding tert-OH is 2. The number of Topliss-reactive ketones (excluding diaryl/α,β-unsaturated/α-hetero) is 1. The van der Waals surface area contributed by atoms with E-state index in [1.807, 2.05) is 30.3 Å². The van der Waals surface area contributed by atoms with Crippen LogP contribution in [0.15, 0.2) is 54.1 Å². The maximum absolute atomic E-state index is 17.4. The minimum atomic E-state index is -2.28. The molecule has 0 amide bonds. The summed E-state index contributed by atoms with van der Waals surface area (Å²) < 4.78 is 45.3. The molecule has 5 aliphatic rings. The molecule has 200 valence electrons. The molecule has 1 aromatic carbocycles. The van der Waals surface area contributed by atoms with Crippen LogP contribution < -0.4 is 0 Å². The van der Waals surface area contributed by atoms with Gasteiger partial charge in [0.15, 0.2) is 22.8 Å². The molecule has 4 fully saturated rings. The van der Waals surface area contributed by atoms with E-state index in [2.05, 4.69) is 11.8 Å². The Labute approximate surface area is 219 Å². The Hall–Kier alpha value is -2.70. The maximum atomic E-state index is 17.4. The fourth-order valence-electron chi connectivity index (χ4n) is 8.30. The van der Waals surface area contributed by atoms with Crippen molar-refractivity contribution in [2.45, 2.75) is 69.0 Å². The van der Waals surface area contributed by atoms with Gasteiger partial charge in [-0.15, -0.1) is 0 Å². The van der Waals surface area contributed by atoms with Crippen molar-refractivity contribution in [3.8, 4) is 11.8 Å². The fourth-order valence-corrected chi connectivity index (χ4v) is 8.30. The molecule has 0 aromatic heterocycles. The van der Waals surface area contributed by atoms with Gasteiger partial charge in [-0.2, -0.15) is 0 Å². The van der Waals surface area contributed by atoms with Gasteiger partial charge in [0.25, 0.3) is 0 Å². The van der Waals surface area contributed by atoms with Gasteiger partial charge in [-0.25, -0.2) is 8.78 Å². The van der Waals surface area contributed by atoms with Gasteiger partial charge in [0.05, 0.1) is 12.2 Å². The molecule has 1 heterocycles. The Bertz CT molecular complexity index is 1310. The Balaban J connectivity index is 1.41. The predicted molar refractivity (Wildman–Crippen MR) is 132 cm³/mol. The molecule has 10 atom stereocenters. The molecule has 0 radical (unpaired) electrons. The van der Waals surface area contributed by atoms with Crippen molar-refractivity contribution < 1.29 is 38.1 Å². The molecule has 2 N–H and O–H groups in total. The normalized spacial score (nSPS) is 46.7. The van der Waals surface area contributed by atoms with Crippen molar-refractivity contribution in [2.24, 2.45) is 22.7 Å². The number of ketones is 2. The summed E-state index contributed by atoms with van der Waals surface area (Å²) in [6.07, 6.45) is -1.59. The lowest BCUT2D eigenvalue weighted by Crippen LogP contribution is -2.70. The van der Waals surface area contributed by atoms with Gasteiger partial charge in [-0.1, -0.05) is 37.1 Å². The number of rotatable bonds is 2. The van der Waals surface area contributed by atoms with Gasteiger partial charge < -0.3 is 19.7 Å². The van der Waals surface area contributed by atoms with E-state index < -0.39 is 76.8 Å². The smallest absolute Gasteiger partial charge is 0.224 e. The fraction of sp³-hybridized carbons (Fsp3) is 0.533. The first-order valence-electron chi connectivity index (χ1n) is 13.0. The van der Waals surface area contributed by atoms with E-state index in [0.29, 0.717) is 0 Å². The number of carbonyl (C=O) groups is 2. The lowest BCUT2D eigenvalue weighted by atomic mass is 9.44. The summed E-state index contributed by atoms with van der Waals surface area (Å²) in [6.45, 7) is 2.44. The van der Waals surface area contributed by atoms with Crippen LogP contribution in [0.2, 0.25) is 0 Å². The van der Waals surface area contributed by atoms with E-state index in [0.717, 1.165) is 11.6 Å². The second-order valence-electron chi connectivity index (χ2n) is 11.6. The largest absolute Gasteiger partial charge is 0.390 e. The number of aliphatic hydroxyl groups is 2. The lowest BCUT2D eigenvalue weighted by Gasteiger charge is -2.63. The molecule has 38 heavy (non-hydrogen) atoms. The minimum Gasteiger partial charge on any atom is -0.390 e. The van der Waals surface area contributed by atoms with E-state index in [-0.39, 0.29) is 24.8 Å². The summed E-state index contributed by atoms with van der Waals surface area (Å²) in [6, 6.07) is 9.18. The molecular formula is C30H30F2O6. The van der Waals surface area contributed by atoms with Gasteiger partial charge in [-0.3, -0.25) is 9.59 Å². The molecule has 8 heteroatoms. The average Bonchev–Trinajstić information content (AvgIpc) is 3.38. The highest BCUT2D eigenvalue weighted by atomic mass is 19.1. The first-order valence-corrected chi connectivity index (χ1v) is 13.0. The van der Waals surface area contributed by atoms with Crippen LogP contribution in [0.25, 0.3) is 0 Å². The van der Waals surface area contributed by atoms with Gasteiger partial charge in [0, 0.05) is 22.3 Å². The molecule has 1 aromatic rings. The first kappa shape index (κ1) is 25.6. The lowest BCUT2D eigenvalue weighted by molar-refractivity contribution is -0.230. The number of ether oxygens (including phenoxy) is 2. The van der Waals surface area contributed by atoms with Crippen molar-refractivity contribution >= 4 is 11.6 Å². The third-order valence-corrected chi connectivity index (χ3v) is 10.0.